The molecule has 0 aromatic rings. The fourth-order valence-electron chi connectivity index (χ4n) is 1.70. The number of nitrogens with two attached hydrogens (primary N) is 1. The minimum Gasteiger partial charge on any atom is -0.328 e. The van der Waals surface area contributed by atoms with Crippen molar-refractivity contribution >= 4 is 0 Å². The zero-order valence-corrected chi connectivity index (χ0v) is 7.56. The van der Waals surface area contributed by atoms with Gasteiger partial charge >= 0.3 is 0 Å². The molecule has 0 aromatic heterocycles. The van der Waals surface area contributed by atoms with Gasteiger partial charge in [0.1, 0.15) is 0 Å². The summed E-state index contributed by atoms with van der Waals surface area (Å²) < 4.78 is 11.7. The third-order valence-electron chi connectivity index (χ3n) is 2.52. The molecule has 2 nitrogen and oxygen atoms in total. The van der Waals surface area contributed by atoms with E-state index in [-0.39, 0.29) is 6.67 Å². The zero-order valence-electron chi connectivity index (χ0n) is 7.56. The predicted molar refractivity (Wildman–Crippen MR) is 48.8 cm³/mol. The highest BCUT2D eigenvalue weighted by Crippen LogP contribution is 2.16. The molecule has 72 valence electrons. The van der Waals surface area contributed by atoms with Crippen LogP contribution in [-0.2, 0) is 0 Å². The van der Waals surface area contributed by atoms with Gasteiger partial charge in [-0.3, -0.25) is 4.39 Å². The standard InChI is InChI=1S/C9H19FN2/c10-6-1-7-12-9-4-2-8(11)3-5-9/h8-9,12H,1-7,11H2. The van der Waals surface area contributed by atoms with E-state index >= 15 is 0 Å². The normalized spacial score (nSPS) is 30.5. The molecular formula is C9H19FN2. The van der Waals surface area contributed by atoms with Crippen molar-refractivity contribution in [1.29, 1.82) is 0 Å². The molecule has 3 N–H and O–H groups in total. The Morgan fingerprint density at radius 3 is 2.50 bits per heavy atom. The average Bonchev–Trinajstić information content (AvgIpc) is 2.09. The van der Waals surface area contributed by atoms with Crippen molar-refractivity contribution in [3.05, 3.63) is 0 Å². The van der Waals surface area contributed by atoms with E-state index in [4.69, 9.17) is 5.73 Å². The lowest BCUT2D eigenvalue weighted by molar-refractivity contribution is 0.335. The zero-order chi connectivity index (χ0) is 8.81. The van der Waals surface area contributed by atoms with Gasteiger partial charge < -0.3 is 11.1 Å². The van der Waals surface area contributed by atoms with Gasteiger partial charge in [-0.15, -0.1) is 0 Å². The SMILES string of the molecule is NC1CCC(NCCCF)CC1. The van der Waals surface area contributed by atoms with E-state index in [1.54, 1.807) is 0 Å². The van der Waals surface area contributed by atoms with Crippen LogP contribution in [0.1, 0.15) is 32.1 Å². The molecule has 1 aliphatic rings. The molecule has 0 aliphatic heterocycles. The molecule has 1 fully saturated rings. The van der Waals surface area contributed by atoms with E-state index in [0.29, 0.717) is 18.5 Å². The Labute approximate surface area is 73.7 Å². The third-order valence-corrected chi connectivity index (χ3v) is 2.52. The van der Waals surface area contributed by atoms with E-state index in [1.807, 2.05) is 0 Å². The van der Waals surface area contributed by atoms with Crippen molar-refractivity contribution in [2.45, 2.75) is 44.2 Å². The fraction of sp³-hybridized carbons (Fsp3) is 1.00. The fourth-order valence-corrected chi connectivity index (χ4v) is 1.70. The third kappa shape index (κ3) is 3.50. The second kappa shape index (κ2) is 5.49. The summed E-state index contributed by atoms with van der Waals surface area (Å²) >= 11 is 0. The second-order valence-electron chi connectivity index (χ2n) is 3.61. The molecule has 0 radical (unpaired) electrons. The first-order chi connectivity index (χ1) is 5.83. The quantitative estimate of drug-likeness (QED) is 0.629. The Hall–Kier alpha value is -0.150. The van der Waals surface area contributed by atoms with Crippen molar-refractivity contribution in [3.8, 4) is 0 Å². The molecule has 3 heteroatoms. The summed E-state index contributed by atoms with van der Waals surface area (Å²) in [4.78, 5) is 0. The number of rotatable bonds is 4. The first kappa shape index (κ1) is 9.93. The lowest BCUT2D eigenvalue weighted by Crippen LogP contribution is -2.37. The Bertz CT molecular complexity index is 111. The Morgan fingerprint density at radius 1 is 1.25 bits per heavy atom. The van der Waals surface area contributed by atoms with Crippen LogP contribution in [0.5, 0.6) is 0 Å². The summed E-state index contributed by atoms with van der Waals surface area (Å²) in [7, 11) is 0. The van der Waals surface area contributed by atoms with Gasteiger partial charge in [-0.1, -0.05) is 0 Å². The molecule has 1 rings (SSSR count). The van der Waals surface area contributed by atoms with Crippen LogP contribution in [0.15, 0.2) is 0 Å². The van der Waals surface area contributed by atoms with E-state index in [2.05, 4.69) is 5.32 Å². The Morgan fingerprint density at radius 2 is 1.92 bits per heavy atom. The maximum absolute atomic E-state index is 11.7. The predicted octanol–water partition coefficient (Wildman–Crippen LogP) is 1.21. The molecule has 0 heterocycles. The van der Waals surface area contributed by atoms with Crippen LogP contribution in [0.25, 0.3) is 0 Å². The first-order valence-electron chi connectivity index (χ1n) is 4.88. The van der Waals surface area contributed by atoms with E-state index in [1.165, 1.54) is 0 Å². The van der Waals surface area contributed by atoms with Gasteiger partial charge in [0.2, 0.25) is 0 Å². The number of hydrogen-bond acceptors (Lipinski definition) is 2. The minimum absolute atomic E-state index is 0.209. The molecule has 0 unspecified atom stereocenters. The van der Waals surface area contributed by atoms with Crippen molar-refractivity contribution in [2.75, 3.05) is 13.2 Å². The molecule has 12 heavy (non-hydrogen) atoms. The molecule has 0 amide bonds. The van der Waals surface area contributed by atoms with Crippen molar-refractivity contribution in [2.24, 2.45) is 5.73 Å². The van der Waals surface area contributed by atoms with Gasteiger partial charge in [-0.05, 0) is 38.6 Å². The molecule has 1 saturated carbocycles. The van der Waals surface area contributed by atoms with Crippen LogP contribution in [0.3, 0.4) is 0 Å². The van der Waals surface area contributed by atoms with Gasteiger partial charge in [0, 0.05) is 12.1 Å². The number of nitrogens with one attached hydrogen (secondary N) is 1. The lowest BCUT2D eigenvalue weighted by Gasteiger charge is -2.26. The number of hydrogen-bond donors (Lipinski definition) is 2. The molecular weight excluding hydrogens is 155 g/mol. The summed E-state index contributed by atoms with van der Waals surface area (Å²) in [5, 5.41) is 3.35. The molecule has 0 aromatic carbocycles. The summed E-state index contributed by atoms with van der Waals surface area (Å²) in [6, 6.07) is 1.00. The highest BCUT2D eigenvalue weighted by molar-refractivity contribution is 4.78. The molecule has 0 atom stereocenters. The van der Waals surface area contributed by atoms with E-state index in [9.17, 15) is 4.39 Å². The minimum atomic E-state index is -0.209. The summed E-state index contributed by atoms with van der Waals surface area (Å²) in [5.41, 5.74) is 5.76. The molecule has 1 aliphatic carbocycles. The highest BCUT2D eigenvalue weighted by atomic mass is 19.1. The summed E-state index contributed by atoms with van der Waals surface area (Å²) in [5.74, 6) is 0. The summed E-state index contributed by atoms with van der Waals surface area (Å²) in [6.07, 6.45) is 5.20. The van der Waals surface area contributed by atoms with Gasteiger partial charge in [0.05, 0.1) is 6.67 Å². The number of halogens is 1. The van der Waals surface area contributed by atoms with E-state index in [0.717, 1.165) is 32.2 Å². The van der Waals surface area contributed by atoms with Gasteiger partial charge in [-0.2, -0.15) is 0 Å². The summed E-state index contributed by atoms with van der Waals surface area (Å²) in [6.45, 7) is 0.607. The number of alkyl halides is 1. The smallest absolute Gasteiger partial charge is 0.0906 e. The van der Waals surface area contributed by atoms with Gasteiger partial charge in [0.25, 0.3) is 0 Å². The maximum Gasteiger partial charge on any atom is 0.0906 e. The Kier molecular flexibility index (Phi) is 4.54. The van der Waals surface area contributed by atoms with Gasteiger partial charge in [0.15, 0.2) is 0 Å². The lowest BCUT2D eigenvalue weighted by atomic mass is 9.92. The van der Waals surface area contributed by atoms with Gasteiger partial charge in [-0.25, -0.2) is 0 Å². The van der Waals surface area contributed by atoms with Crippen molar-refractivity contribution < 1.29 is 4.39 Å². The maximum atomic E-state index is 11.7. The van der Waals surface area contributed by atoms with Crippen LogP contribution < -0.4 is 11.1 Å². The Balaban J connectivity index is 2.01. The molecule has 0 bridgehead atoms. The topological polar surface area (TPSA) is 38.0 Å². The van der Waals surface area contributed by atoms with Crippen LogP contribution in [0, 0.1) is 0 Å². The van der Waals surface area contributed by atoms with Crippen molar-refractivity contribution in [1.82, 2.24) is 5.32 Å². The molecule has 0 spiro atoms. The van der Waals surface area contributed by atoms with Crippen molar-refractivity contribution in [3.63, 3.8) is 0 Å². The van der Waals surface area contributed by atoms with E-state index < -0.39 is 0 Å². The second-order valence-corrected chi connectivity index (χ2v) is 3.61. The van der Waals surface area contributed by atoms with Crippen LogP contribution >= 0.6 is 0 Å². The van der Waals surface area contributed by atoms with Crippen LogP contribution in [0.2, 0.25) is 0 Å². The highest BCUT2D eigenvalue weighted by Gasteiger charge is 2.17. The van der Waals surface area contributed by atoms with Crippen LogP contribution in [-0.4, -0.2) is 25.3 Å². The monoisotopic (exact) mass is 174 g/mol. The average molecular weight is 174 g/mol. The molecule has 0 saturated heterocycles. The van der Waals surface area contributed by atoms with Crippen LogP contribution in [0.4, 0.5) is 4.39 Å². The first-order valence-corrected chi connectivity index (χ1v) is 4.88. The largest absolute Gasteiger partial charge is 0.328 e.